The van der Waals surface area contributed by atoms with Crippen molar-refractivity contribution in [3.63, 3.8) is 0 Å². The number of rotatable bonds is 0. The molecule has 1 fully saturated rings. The predicted octanol–water partition coefficient (Wildman–Crippen LogP) is 2.51. The van der Waals surface area contributed by atoms with Crippen LogP contribution in [-0.4, -0.2) is 18.6 Å². The van der Waals surface area contributed by atoms with Gasteiger partial charge < -0.3 is 0 Å². The van der Waals surface area contributed by atoms with Gasteiger partial charge in [-0.25, -0.2) is 0 Å². The summed E-state index contributed by atoms with van der Waals surface area (Å²) < 4.78 is 11.4. The Balaban J connectivity index is 2.77. The molecule has 2 heterocycles. The van der Waals surface area contributed by atoms with E-state index in [1.165, 1.54) is 0 Å². The highest BCUT2D eigenvalue weighted by molar-refractivity contribution is 7.89. The quantitative estimate of drug-likeness (QED) is 0.485. The minimum Gasteiger partial charge on any atom is -0.258 e. The molecule has 2 rings (SSSR count). The van der Waals surface area contributed by atoms with Gasteiger partial charge >= 0.3 is 0 Å². The molecule has 0 radical (unpaired) electrons. The van der Waals surface area contributed by atoms with Gasteiger partial charge in [0.15, 0.2) is 4.87 Å². The summed E-state index contributed by atoms with van der Waals surface area (Å²) in [7, 11) is -1.09. The Labute approximate surface area is 97.8 Å². The van der Waals surface area contributed by atoms with E-state index in [1.807, 2.05) is 27.7 Å². The van der Waals surface area contributed by atoms with Gasteiger partial charge in [-0.15, -0.1) is 11.6 Å². The van der Waals surface area contributed by atoms with Gasteiger partial charge in [-0.3, -0.25) is 4.21 Å². The van der Waals surface area contributed by atoms with Crippen LogP contribution in [0.3, 0.4) is 0 Å². The average molecular weight is 244 g/mol. The van der Waals surface area contributed by atoms with Gasteiger partial charge in [0.05, 0.1) is 15.6 Å². The molecule has 0 aliphatic carbocycles. The summed E-state index contributed by atoms with van der Waals surface area (Å²) in [6.45, 7) is 7.77. The van der Waals surface area contributed by atoms with Crippen LogP contribution in [0, 0.1) is 11.3 Å². The third kappa shape index (κ3) is 0.893. The maximum atomic E-state index is 12.4. The minimum atomic E-state index is -1.09. The Morgan fingerprint density at radius 3 is 2.27 bits per heavy atom. The molecule has 0 aromatic heterocycles. The smallest absolute Gasteiger partial charge is 0.153 e. The lowest BCUT2D eigenvalue weighted by Gasteiger charge is -2.34. The molecule has 2 aliphatic heterocycles. The zero-order valence-electron chi connectivity index (χ0n) is 9.35. The number of nitriles is 1. The highest BCUT2D eigenvalue weighted by Crippen LogP contribution is 2.63. The number of halogens is 1. The molecule has 82 valence electrons. The van der Waals surface area contributed by atoms with Crippen molar-refractivity contribution in [3.05, 3.63) is 11.1 Å². The average Bonchev–Trinajstić information content (AvgIpc) is 2.43. The first-order valence-electron chi connectivity index (χ1n) is 4.94. The molecule has 0 spiro atoms. The fourth-order valence-electron chi connectivity index (χ4n) is 2.91. The van der Waals surface area contributed by atoms with E-state index in [2.05, 4.69) is 6.07 Å². The Hall–Kier alpha value is -0.330. The summed E-state index contributed by atoms with van der Waals surface area (Å²) in [5.41, 5.74) is 2.18. The van der Waals surface area contributed by atoms with E-state index in [0.29, 0.717) is 6.42 Å². The van der Waals surface area contributed by atoms with Crippen molar-refractivity contribution in [2.24, 2.45) is 0 Å². The summed E-state index contributed by atoms with van der Waals surface area (Å²) in [6, 6.07) is 2.16. The van der Waals surface area contributed by atoms with Crippen molar-refractivity contribution in [1.82, 2.24) is 0 Å². The summed E-state index contributed by atoms with van der Waals surface area (Å²) in [5.74, 6) is 0. The van der Waals surface area contributed by atoms with Crippen LogP contribution in [0.4, 0.5) is 0 Å². The van der Waals surface area contributed by atoms with Crippen molar-refractivity contribution in [3.8, 4) is 6.07 Å². The van der Waals surface area contributed by atoms with Crippen LogP contribution in [0.5, 0.6) is 0 Å². The maximum absolute atomic E-state index is 12.4. The monoisotopic (exact) mass is 243 g/mol. The zero-order valence-corrected chi connectivity index (χ0v) is 10.9. The lowest BCUT2D eigenvalue weighted by Crippen LogP contribution is -2.45. The van der Waals surface area contributed by atoms with E-state index in [0.717, 1.165) is 11.1 Å². The number of alkyl halides is 1. The second-order valence-corrected chi connectivity index (χ2v) is 7.77. The molecule has 1 saturated heterocycles. The molecule has 0 saturated carbocycles. The van der Waals surface area contributed by atoms with Crippen LogP contribution < -0.4 is 0 Å². The zero-order chi connectivity index (χ0) is 11.6. The van der Waals surface area contributed by atoms with Gasteiger partial charge in [-0.05, 0) is 27.7 Å². The van der Waals surface area contributed by atoms with Gasteiger partial charge in [0.25, 0.3) is 0 Å². The number of nitrogens with zero attached hydrogens (tertiary/aromatic N) is 1. The van der Waals surface area contributed by atoms with Gasteiger partial charge in [0.1, 0.15) is 0 Å². The minimum absolute atomic E-state index is 0.406. The molecule has 15 heavy (non-hydrogen) atoms. The van der Waals surface area contributed by atoms with E-state index >= 15 is 0 Å². The van der Waals surface area contributed by atoms with E-state index in [-0.39, 0.29) is 0 Å². The third-order valence-electron chi connectivity index (χ3n) is 4.37. The first-order valence-corrected chi connectivity index (χ1v) is 6.47. The number of hydrogen-bond donors (Lipinski definition) is 0. The van der Waals surface area contributed by atoms with Gasteiger partial charge in [-0.1, -0.05) is 11.1 Å². The first kappa shape index (κ1) is 11.2. The topological polar surface area (TPSA) is 40.9 Å². The summed E-state index contributed by atoms with van der Waals surface area (Å²) in [5, 5.41) is 9.21. The Kier molecular flexibility index (Phi) is 1.99. The van der Waals surface area contributed by atoms with Gasteiger partial charge in [0.2, 0.25) is 0 Å². The molecule has 0 aromatic rings. The van der Waals surface area contributed by atoms with Crippen LogP contribution >= 0.6 is 11.6 Å². The summed E-state index contributed by atoms with van der Waals surface area (Å²) >= 11 is 6.35. The van der Waals surface area contributed by atoms with Crippen LogP contribution in [-0.2, 0) is 10.8 Å². The second-order valence-electron chi connectivity index (χ2n) is 4.87. The van der Waals surface area contributed by atoms with Crippen molar-refractivity contribution >= 4 is 22.4 Å². The molecule has 0 aromatic carbocycles. The molecule has 2 bridgehead atoms. The van der Waals surface area contributed by atoms with Crippen molar-refractivity contribution < 1.29 is 4.21 Å². The molecule has 2 nitrogen and oxygen atoms in total. The van der Waals surface area contributed by atoms with Crippen LogP contribution in [0.15, 0.2) is 11.1 Å². The first-order chi connectivity index (χ1) is 6.74. The third-order valence-corrected chi connectivity index (χ3v) is 7.74. The standard InChI is InChI=1S/C11H14ClNOS/c1-7-8(2)10(4)11(12,6-13)5-9(7,3)15(10)14/h5H2,1-4H3/t9?,10-,11?,15?/m1/s1. The molecule has 4 atom stereocenters. The number of fused-ring (bicyclic) bond motifs is 2. The number of hydrogen-bond acceptors (Lipinski definition) is 2. The SMILES string of the molecule is CC1=C(C)[C@@]2(C)S(=O)C1(C)CC2(Cl)C#N. The van der Waals surface area contributed by atoms with E-state index < -0.39 is 25.2 Å². The molecule has 0 amide bonds. The lowest BCUT2D eigenvalue weighted by molar-refractivity contribution is 0.503. The Bertz CT molecular complexity index is 452. The van der Waals surface area contributed by atoms with Crippen molar-refractivity contribution in [2.45, 2.75) is 48.5 Å². The van der Waals surface area contributed by atoms with E-state index in [9.17, 15) is 9.47 Å². The summed E-state index contributed by atoms with van der Waals surface area (Å²) in [4.78, 5) is -1.00. The molecular formula is C11H14ClNOS. The van der Waals surface area contributed by atoms with Crippen LogP contribution in [0.25, 0.3) is 0 Å². The largest absolute Gasteiger partial charge is 0.258 e. The maximum Gasteiger partial charge on any atom is 0.153 e. The molecule has 4 heteroatoms. The normalized spacial score (nSPS) is 53.5. The fourth-order valence-corrected chi connectivity index (χ4v) is 6.13. The van der Waals surface area contributed by atoms with Gasteiger partial charge in [0, 0.05) is 17.2 Å². The van der Waals surface area contributed by atoms with Crippen LogP contribution in [0.1, 0.15) is 34.1 Å². The molecular weight excluding hydrogens is 230 g/mol. The van der Waals surface area contributed by atoms with Gasteiger partial charge in [-0.2, -0.15) is 5.26 Å². The summed E-state index contributed by atoms with van der Waals surface area (Å²) in [6.07, 6.45) is 0.490. The highest BCUT2D eigenvalue weighted by Gasteiger charge is 2.71. The predicted molar refractivity (Wildman–Crippen MR) is 62.1 cm³/mol. The molecule has 3 unspecified atom stereocenters. The fraction of sp³-hybridized carbons (Fsp3) is 0.727. The second kappa shape index (κ2) is 2.67. The van der Waals surface area contributed by atoms with E-state index in [1.54, 1.807) is 0 Å². The van der Waals surface area contributed by atoms with Crippen molar-refractivity contribution in [1.29, 1.82) is 5.26 Å². The molecule has 0 N–H and O–H groups in total. The van der Waals surface area contributed by atoms with Crippen molar-refractivity contribution in [2.75, 3.05) is 0 Å². The lowest BCUT2D eigenvalue weighted by atomic mass is 9.72. The van der Waals surface area contributed by atoms with E-state index in [4.69, 9.17) is 11.6 Å². The van der Waals surface area contributed by atoms with Crippen LogP contribution in [0.2, 0.25) is 0 Å². The Morgan fingerprint density at radius 1 is 1.40 bits per heavy atom. The Morgan fingerprint density at radius 2 is 1.93 bits per heavy atom. The highest BCUT2D eigenvalue weighted by atomic mass is 35.5. The molecule has 2 aliphatic rings.